The Morgan fingerprint density at radius 1 is 0.931 bits per heavy atom. The third-order valence-corrected chi connectivity index (χ3v) is 4.74. The normalized spacial score (nSPS) is 10.9. The Bertz CT molecular complexity index is 604. The fourth-order valence-corrected chi connectivity index (χ4v) is 2.93. The molecule has 0 saturated heterocycles. The van der Waals surface area contributed by atoms with E-state index in [4.69, 9.17) is 37.5 Å². The van der Waals surface area contributed by atoms with Crippen molar-refractivity contribution in [2.45, 2.75) is 72.1 Å². The third kappa shape index (κ3) is 11.4. The van der Waals surface area contributed by atoms with Crippen LogP contribution in [0.15, 0.2) is 27.9 Å². The van der Waals surface area contributed by atoms with Gasteiger partial charge in [0.15, 0.2) is 0 Å². The summed E-state index contributed by atoms with van der Waals surface area (Å²) in [4.78, 5) is 5.30. The smallest absolute Gasteiger partial charge is 0.125 e. The highest BCUT2D eigenvalue weighted by Crippen LogP contribution is 2.31. The lowest BCUT2D eigenvalue weighted by atomic mass is 10.0. The molecule has 0 unspecified atom stereocenters. The monoisotopic (exact) mass is 443 g/mol. The Kier molecular flexibility index (Phi) is 14.5. The van der Waals surface area contributed by atoms with Crippen molar-refractivity contribution in [1.82, 2.24) is 0 Å². The average Bonchev–Trinajstić information content (AvgIpc) is 2.71. The van der Waals surface area contributed by atoms with Gasteiger partial charge in [-0.3, -0.25) is 0 Å². The first kappa shape index (κ1) is 25.6. The Balaban J connectivity index is 2.43. The van der Waals surface area contributed by atoms with E-state index in [9.17, 15) is 0 Å². The van der Waals surface area contributed by atoms with Gasteiger partial charge in [0.05, 0.1) is 6.61 Å². The molecular formula is C23H35Cl2NO3. The molecule has 6 heteroatoms. The number of hydrogen-bond acceptors (Lipinski definition) is 4. The van der Waals surface area contributed by atoms with E-state index in [1.807, 2.05) is 18.3 Å². The maximum absolute atomic E-state index is 6.12. The van der Waals surface area contributed by atoms with Crippen LogP contribution >= 0.6 is 23.2 Å². The molecule has 0 bridgehead atoms. The molecule has 0 N–H and O–H groups in total. The van der Waals surface area contributed by atoms with E-state index in [0.717, 1.165) is 54.7 Å². The molecule has 1 aromatic carbocycles. The minimum Gasteiger partial charge on any atom is -0.493 e. The zero-order valence-corrected chi connectivity index (χ0v) is 19.5. The molecule has 0 amide bonds. The standard InChI is InChI=1S/C23H35Cl2NO3/c1-4-7-8-9-13-26-29-15-11-10-14-28-23-19(5-2)17-21(18-20(23)6-3)27-16-12-22(24)25/h12-13,17-18H,4-11,14-16H2,1-3H3/b26-13+. The van der Waals surface area contributed by atoms with Crippen molar-refractivity contribution in [3.63, 3.8) is 0 Å². The highest BCUT2D eigenvalue weighted by atomic mass is 35.5. The van der Waals surface area contributed by atoms with Crippen molar-refractivity contribution in [2.24, 2.45) is 5.16 Å². The third-order valence-electron chi connectivity index (χ3n) is 4.43. The first-order chi connectivity index (χ1) is 14.1. The summed E-state index contributed by atoms with van der Waals surface area (Å²) in [5, 5.41) is 4.00. The van der Waals surface area contributed by atoms with Crippen LogP contribution in [0.2, 0.25) is 0 Å². The Morgan fingerprint density at radius 2 is 1.62 bits per heavy atom. The van der Waals surface area contributed by atoms with E-state index in [0.29, 0.717) is 19.8 Å². The van der Waals surface area contributed by atoms with Crippen LogP contribution in [-0.2, 0) is 17.7 Å². The molecule has 0 heterocycles. The fourth-order valence-electron chi connectivity index (χ4n) is 2.80. The Labute approximate surface area is 186 Å². The van der Waals surface area contributed by atoms with Crippen LogP contribution in [-0.4, -0.2) is 26.0 Å². The van der Waals surface area contributed by atoms with Gasteiger partial charge in [0.2, 0.25) is 0 Å². The van der Waals surface area contributed by atoms with E-state index < -0.39 is 0 Å². The van der Waals surface area contributed by atoms with Gasteiger partial charge >= 0.3 is 0 Å². The van der Waals surface area contributed by atoms with Gasteiger partial charge in [-0.1, -0.05) is 62.0 Å². The number of benzene rings is 1. The second-order valence-electron chi connectivity index (χ2n) is 6.76. The quantitative estimate of drug-likeness (QED) is 0.153. The summed E-state index contributed by atoms with van der Waals surface area (Å²) in [6.45, 7) is 8.06. The average molecular weight is 444 g/mol. The molecule has 0 spiro atoms. The number of nitrogens with zero attached hydrogens (tertiary/aromatic N) is 1. The minimum absolute atomic E-state index is 0.211. The van der Waals surface area contributed by atoms with Gasteiger partial charge in [0.25, 0.3) is 0 Å². The SMILES string of the molecule is CCCCC/C=N/OCCCCOc1c(CC)cc(OCC=C(Cl)Cl)cc1CC. The van der Waals surface area contributed by atoms with Gasteiger partial charge in [0, 0.05) is 6.21 Å². The second-order valence-corrected chi connectivity index (χ2v) is 7.76. The van der Waals surface area contributed by atoms with E-state index in [1.165, 1.54) is 19.3 Å². The van der Waals surface area contributed by atoms with Crippen molar-refractivity contribution in [1.29, 1.82) is 0 Å². The summed E-state index contributed by atoms with van der Waals surface area (Å²) >= 11 is 11.3. The molecule has 1 rings (SSSR count). The molecule has 1 aromatic rings. The van der Waals surface area contributed by atoms with Crippen molar-refractivity contribution in [2.75, 3.05) is 19.8 Å². The maximum atomic E-state index is 6.12. The molecule has 29 heavy (non-hydrogen) atoms. The summed E-state index contributed by atoms with van der Waals surface area (Å²) in [5.41, 5.74) is 2.29. The molecule has 0 radical (unpaired) electrons. The van der Waals surface area contributed by atoms with Crippen LogP contribution in [0.4, 0.5) is 0 Å². The van der Waals surface area contributed by atoms with Crippen LogP contribution in [0.3, 0.4) is 0 Å². The van der Waals surface area contributed by atoms with Crippen molar-refractivity contribution in [3.05, 3.63) is 33.8 Å². The van der Waals surface area contributed by atoms with Crippen LogP contribution in [0.5, 0.6) is 11.5 Å². The number of hydrogen-bond donors (Lipinski definition) is 0. The lowest BCUT2D eigenvalue weighted by Crippen LogP contribution is -2.05. The number of ether oxygens (including phenoxy) is 2. The van der Waals surface area contributed by atoms with Gasteiger partial charge in [-0.25, -0.2) is 0 Å². The van der Waals surface area contributed by atoms with Crippen LogP contribution < -0.4 is 9.47 Å². The largest absolute Gasteiger partial charge is 0.493 e. The molecule has 0 saturated carbocycles. The van der Waals surface area contributed by atoms with Crippen LogP contribution in [0, 0.1) is 0 Å². The van der Waals surface area contributed by atoms with E-state index >= 15 is 0 Å². The molecule has 0 fully saturated rings. The summed E-state index contributed by atoms with van der Waals surface area (Å²) in [7, 11) is 0. The molecule has 0 aliphatic carbocycles. The molecule has 0 aliphatic rings. The highest BCUT2D eigenvalue weighted by Gasteiger charge is 2.11. The number of unbranched alkanes of at least 4 members (excludes halogenated alkanes) is 4. The maximum Gasteiger partial charge on any atom is 0.125 e. The summed E-state index contributed by atoms with van der Waals surface area (Å²) in [5.74, 6) is 1.78. The number of aryl methyl sites for hydroxylation is 2. The van der Waals surface area contributed by atoms with E-state index in [1.54, 1.807) is 6.08 Å². The van der Waals surface area contributed by atoms with Gasteiger partial charge in [-0.05, 0) is 67.9 Å². The molecular weight excluding hydrogens is 409 g/mol. The van der Waals surface area contributed by atoms with Gasteiger partial charge < -0.3 is 14.3 Å². The molecule has 164 valence electrons. The zero-order valence-electron chi connectivity index (χ0n) is 18.0. The molecule has 0 aliphatic heterocycles. The number of halogens is 2. The minimum atomic E-state index is 0.211. The number of oxime groups is 1. The Morgan fingerprint density at radius 3 is 2.24 bits per heavy atom. The molecule has 0 atom stereocenters. The first-order valence-electron chi connectivity index (χ1n) is 10.7. The fraction of sp³-hybridized carbons (Fsp3) is 0.609. The van der Waals surface area contributed by atoms with Crippen LogP contribution in [0.25, 0.3) is 0 Å². The molecule has 0 aromatic heterocycles. The van der Waals surface area contributed by atoms with Crippen molar-refractivity contribution < 1.29 is 14.3 Å². The second kappa shape index (κ2) is 16.4. The predicted octanol–water partition coefficient (Wildman–Crippen LogP) is 7.25. The number of rotatable bonds is 16. The van der Waals surface area contributed by atoms with Crippen molar-refractivity contribution in [3.8, 4) is 11.5 Å². The predicted molar refractivity (Wildman–Crippen MR) is 124 cm³/mol. The van der Waals surface area contributed by atoms with Gasteiger partial charge in [-0.2, -0.15) is 0 Å². The van der Waals surface area contributed by atoms with Gasteiger partial charge in [0.1, 0.15) is 29.2 Å². The first-order valence-corrected chi connectivity index (χ1v) is 11.4. The van der Waals surface area contributed by atoms with Gasteiger partial charge in [-0.15, -0.1) is 0 Å². The summed E-state index contributed by atoms with van der Waals surface area (Å²) in [6.07, 6.45) is 11.7. The lowest BCUT2D eigenvalue weighted by Gasteiger charge is -2.17. The van der Waals surface area contributed by atoms with Crippen molar-refractivity contribution >= 4 is 29.4 Å². The highest BCUT2D eigenvalue weighted by molar-refractivity contribution is 6.55. The topological polar surface area (TPSA) is 40.0 Å². The summed E-state index contributed by atoms with van der Waals surface area (Å²) in [6, 6.07) is 4.06. The van der Waals surface area contributed by atoms with E-state index in [2.05, 4.69) is 25.9 Å². The lowest BCUT2D eigenvalue weighted by molar-refractivity contribution is 0.136. The molecule has 4 nitrogen and oxygen atoms in total. The van der Waals surface area contributed by atoms with E-state index in [-0.39, 0.29) is 4.49 Å². The summed E-state index contributed by atoms with van der Waals surface area (Å²) < 4.78 is 12.1. The zero-order chi connectivity index (χ0) is 21.3. The van der Waals surface area contributed by atoms with Crippen LogP contribution in [0.1, 0.15) is 70.4 Å². The Hall–Kier alpha value is -1.39.